The van der Waals surface area contributed by atoms with Crippen LogP contribution in [0.2, 0.25) is 0 Å². The minimum atomic E-state index is -1.49. The van der Waals surface area contributed by atoms with Crippen LogP contribution in [-0.2, 0) is 19.2 Å². The molecule has 0 rings (SSSR count). The van der Waals surface area contributed by atoms with Gasteiger partial charge in [-0.25, -0.2) is 4.79 Å². The van der Waals surface area contributed by atoms with Crippen molar-refractivity contribution >= 4 is 59.1 Å². The van der Waals surface area contributed by atoms with Crippen LogP contribution in [0.3, 0.4) is 0 Å². The number of nitrogens with one attached hydrogen (secondary N) is 1. The van der Waals surface area contributed by atoms with E-state index >= 15 is 0 Å². The van der Waals surface area contributed by atoms with Gasteiger partial charge in [0, 0.05) is 0 Å². The van der Waals surface area contributed by atoms with Gasteiger partial charge in [0.15, 0.2) is 0 Å². The van der Waals surface area contributed by atoms with E-state index in [4.69, 9.17) is 25.8 Å². The molecule has 0 aliphatic heterocycles. The summed E-state index contributed by atoms with van der Waals surface area (Å²) in [5.41, 5.74) is -0.803. The maximum atomic E-state index is 9.75. The molecule has 0 saturated carbocycles. The van der Waals surface area contributed by atoms with Gasteiger partial charge in [-0.15, -0.1) is 0 Å². The summed E-state index contributed by atoms with van der Waals surface area (Å²) in [6, 6.07) is 0. The molecule has 0 saturated heterocycles. The van der Waals surface area contributed by atoms with Crippen LogP contribution < -0.4 is 0 Å². The third-order valence-electron chi connectivity index (χ3n) is 1.14. The molecule has 0 aliphatic carbocycles. The summed E-state index contributed by atoms with van der Waals surface area (Å²) in [4.78, 5) is 38.7. The Kier molecular flexibility index (Phi) is 20.1. The summed E-state index contributed by atoms with van der Waals surface area (Å²) >= 11 is 0. The fraction of sp³-hybridized carbons (Fsp3) is 0.375. The number of hydrogen-bond donors (Lipinski definition) is 5. The van der Waals surface area contributed by atoms with Crippen molar-refractivity contribution in [2.24, 2.45) is 0 Å². The zero-order valence-electron chi connectivity index (χ0n) is 9.04. The van der Waals surface area contributed by atoms with Crippen LogP contribution in [0.25, 0.3) is 0 Å². The number of carbonyl (C=O) groups is 4. The van der Waals surface area contributed by atoms with Crippen LogP contribution in [0.5, 0.6) is 0 Å². The monoisotopic (exact) mass is 291 g/mol. The molecule has 0 aromatic carbocycles. The molecule has 0 amide bonds. The normalized spacial score (nSPS) is 7.58. The van der Waals surface area contributed by atoms with Gasteiger partial charge in [0.1, 0.15) is 5.71 Å². The Hall–Kier alpha value is -1.49. The van der Waals surface area contributed by atoms with Crippen molar-refractivity contribution in [2.75, 3.05) is 0 Å². The molecule has 0 aromatic rings. The van der Waals surface area contributed by atoms with E-state index < -0.39 is 36.0 Å². The number of carboxylic acids is 4. The van der Waals surface area contributed by atoms with E-state index in [0.717, 1.165) is 0 Å². The molecule has 0 aromatic heterocycles. The first-order valence-corrected chi connectivity index (χ1v) is 4.13. The number of rotatable bonds is 6. The molecule has 0 aliphatic rings. The van der Waals surface area contributed by atoms with E-state index in [2.05, 4.69) is 0 Å². The Labute approximate surface area is 129 Å². The summed E-state index contributed by atoms with van der Waals surface area (Å²) < 4.78 is 0. The zero-order chi connectivity index (χ0) is 14.0. The Morgan fingerprint density at radius 3 is 1.21 bits per heavy atom. The quantitative estimate of drug-likeness (QED) is 0.273. The van der Waals surface area contributed by atoms with E-state index in [-0.39, 0.29) is 47.9 Å². The van der Waals surface area contributed by atoms with Crippen LogP contribution >= 0.6 is 0 Å². The Balaban J connectivity index is -0.000000108. The van der Waals surface area contributed by atoms with Gasteiger partial charge in [-0.1, -0.05) is 0 Å². The van der Waals surface area contributed by atoms with Crippen LogP contribution in [0.15, 0.2) is 0 Å². The van der Waals surface area contributed by atoms with E-state index in [0.29, 0.717) is 0 Å². The molecule has 10 nitrogen and oxygen atoms in total. The van der Waals surface area contributed by atoms with Crippen molar-refractivity contribution < 1.29 is 45.1 Å². The first-order chi connectivity index (χ1) is 7.66. The summed E-state index contributed by atoms with van der Waals surface area (Å²) in [7, 11) is 0. The van der Waals surface area contributed by atoms with E-state index in [9.17, 15) is 19.2 Å². The molecule has 11 heteroatoms. The van der Waals surface area contributed by atoms with Gasteiger partial charge in [-0.05, 0) is 0 Å². The molecule has 0 spiro atoms. The second-order valence-electron chi connectivity index (χ2n) is 2.64. The average molecular weight is 291 g/mol. The third-order valence-corrected chi connectivity index (χ3v) is 1.14. The minimum absolute atomic E-state index is 0. The second-order valence-corrected chi connectivity index (χ2v) is 2.64. The molecule has 7 N–H and O–H groups in total. The van der Waals surface area contributed by atoms with E-state index in [1.54, 1.807) is 0 Å². The average Bonchev–Trinajstić information content (AvgIpc) is 2.14. The van der Waals surface area contributed by atoms with Crippen molar-refractivity contribution in [3.8, 4) is 0 Å². The van der Waals surface area contributed by atoms with Gasteiger partial charge in [-0.3, -0.25) is 19.8 Å². The fourth-order valence-electron chi connectivity index (χ4n) is 0.441. The molecule has 0 unspecified atom stereocenters. The van der Waals surface area contributed by atoms with Crippen molar-refractivity contribution in [1.82, 2.24) is 0 Å². The first kappa shape index (κ1) is 26.1. The summed E-state index contributed by atoms with van der Waals surface area (Å²) in [5.74, 6) is -4.94. The van der Waals surface area contributed by atoms with Gasteiger partial charge >= 0.3 is 53.4 Å². The molecule has 0 atom stereocenters. The summed E-state index contributed by atoms with van der Waals surface area (Å²) in [6.45, 7) is 0. The van der Waals surface area contributed by atoms with Gasteiger partial charge in [0.05, 0.1) is 19.3 Å². The van der Waals surface area contributed by atoms with Gasteiger partial charge in [0.2, 0.25) is 0 Å². The van der Waals surface area contributed by atoms with Crippen molar-refractivity contribution in [3.63, 3.8) is 0 Å². The predicted octanol–water partition coefficient (Wildman–Crippen LogP) is -1.97. The standard InChI is InChI=1S/C4H5NO4.C4H6O4.Na.H2O.H/c5-2(4(8)9)1-3(6)7;5-3(6)1-2-4(7)8;;;/h5H,1H2,(H,6,7)(H,8,9);1-2H2,(H,5,6)(H,7,8);;1H2;. The number of carboxylic acid groups (broad SMARTS) is 4. The molecule has 0 heterocycles. The SMILES string of the molecule is N=C(CC(=O)O)C(=O)O.O.O=C(O)CCC(=O)O.[NaH]. The van der Waals surface area contributed by atoms with Crippen molar-refractivity contribution in [2.45, 2.75) is 19.3 Å². The van der Waals surface area contributed by atoms with E-state index in [1.807, 2.05) is 0 Å². The zero-order valence-corrected chi connectivity index (χ0v) is 9.04. The summed E-state index contributed by atoms with van der Waals surface area (Å²) in [6.07, 6.45) is -1.32. The second kappa shape index (κ2) is 14.6. The molecule has 106 valence electrons. The Bertz CT molecular complexity index is 327. The van der Waals surface area contributed by atoms with Crippen molar-refractivity contribution in [1.29, 1.82) is 5.41 Å². The topological polar surface area (TPSA) is 205 Å². The number of aliphatic carboxylic acids is 4. The van der Waals surface area contributed by atoms with Gasteiger partial charge < -0.3 is 25.9 Å². The van der Waals surface area contributed by atoms with Crippen molar-refractivity contribution in [3.05, 3.63) is 0 Å². The first-order valence-electron chi connectivity index (χ1n) is 4.13. The van der Waals surface area contributed by atoms with Gasteiger partial charge in [-0.2, -0.15) is 0 Å². The Morgan fingerprint density at radius 1 is 0.789 bits per heavy atom. The molecule has 0 radical (unpaired) electrons. The molecule has 0 bridgehead atoms. The fourth-order valence-corrected chi connectivity index (χ4v) is 0.441. The molecule has 19 heavy (non-hydrogen) atoms. The molecular weight excluding hydrogens is 277 g/mol. The van der Waals surface area contributed by atoms with Crippen LogP contribution in [0.1, 0.15) is 19.3 Å². The van der Waals surface area contributed by atoms with Crippen LogP contribution in [0.4, 0.5) is 0 Å². The number of hydrogen-bond acceptors (Lipinski definition) is 5. The third kappa shape index (κ3) is 26.2. The molecule has 0 fully saturated rings. The maximum absolute atomic E-state index is 9.75. The summed E-state index contributed by atoms with van der Waals surface area (Å²) in [5, 5.41) is 38.2. The van der Waals surface area contributed by atoms with Crippen LogP contribution in [0, 0.1) is 5.41 Å². The van der Waals surface area contributed by atoms with E-state index in [1.165, 1.54) is 0 Å². The molecular formula is C8H14NNaO9. The van der Waals surface area contributed by atoms with Gasteiger partial charge in [0.25, 0.3) is 0 Å². The van der Waals surface area contributed by atoms with Crippen LogP contribution in [-0.4, -0.2) is 85.0 Å². The predicted molar refractivity (Wildman–Crippen MR) is 62.9 cm³/mol. The Morgan fingerprint density at radius 2 is 1.11 bits per heavy atom.